The van der Waals surface area contributed by atoms with Crippen molar-refractivity contribution in [3.05, 3.63) is 34.9 Å². The van der Waals surface area contributed by atoms with Gasteiger partial charge in [0.1, 0.15) is 0 Å². The molecule has 1 aliphatic rings. The lowest BCUT2D eigenvalue weighted by atomic mass is 10.2. The second kappa shape index (κ2) is 8.31. The zero-order valence-corrected chi connectivity index (χ0v) is 14.5. The monoisotopic (exact) mass is 337 g/mol. The van der Waals surface area contributed by atoms with Crippen LogP contribution in [0.2, 0.25) is 5.02 Å². The largest absolute Gasteiger partial charge is 0.352 e. The van der Waals surface area contributed by atoms with Crippen LogP contribution in [0.5, 0.6) is 0 Å². The first-order chi connectivity index (χ1) is 11.0. The molecule has 1 atom stereocenters. The van der Waals surface area contributed by atoms with E-state index in [-0.39, 0.29) is 17.9 Å². The van der Waals surface area contributed by atoms with E-state index in [9.17, 15) is 9.59 Å². The Bertz CT molecular complexity index is 563. The number of benzene rings is 1. The molecule has 1 N–H and O–H groups in total. The van der Waals surface area contributed by atoms with Gasteiger partial charge in [0.15, 0.2) is 0 Å². The van der Waals surface area contributed by atoms with E-state index in [4.69, 9.17) is 11.6 Å². The highest BCUT2D eigenvalue weighted by Gasteiger charge is 2.30. The first kappa shape index (κ1) is 17.8. The van der Waals surface area contributed by atoms with Crippen molar-refractivity contribution in [1.29, 1.82) is 0 Å². The van der Waals surface area contributed by atoms with Gasteiger partial charge in [-0.05, 0) is 44.0 Å². The first-order valence-electron chi connectivity index (χ1n) is 7.98. The molecule has 2 amide bonds. The summed E-state index contributed by atoms with van der Waals surface area (Å²) in [5.41, 5.74) is 0.569. The van der Waals surface area contributed by atoms with Gasteiger partial charge in [-0.3, -0.25) is 14.5 Å². The summed E-state index contributed by atoms with van der Waals surface area (Å²) >= 11 is 5.88. The molecule has 23 heavy (non-hydrogen) atoms. The molecule has 0 aromatic heterocycles. The molecule has 1 fully saturated rings. The maximum absolute atomic E-state index is 12.1. The second-order valence-corrected chi connectivity index (χ2v) is 6.48. The SMILES string of the molecule is CN(C)C(=O)[C@H]1CCCN1CCCNC(=O)c1cccc(Cl)c1. The summed E-state index contributed by atoms with van der Waals surface area (Å²) in [5, 5.41) is 3.45. The summed E-state index contributed by atoms with van der Waals surface area (Å²) in [4.78, 5) is 28.0. The first-order valence-corrected chi connectivity index (χ1v) is 8.36. The summed E-state index contributed by atoms with van der Waals surface area (Å²) in [5.74, 6) is 0.0558. The minimum atomic E-state index is -0.116. The van der Waals surface area contributed by atoms with Crippen molar-refractivity contribution in [1.82, 2.24) is 15.1 Å². The molecule has 0 spiro atoms. The van der Waals surface area contributed by atoms with Crippen molar-refractivity contribution >= 4 is 23.4 Å². The van der Waals surface area contributed by atoms with E-state index < -0.39 is 0 Å². The van der Waals surface area contributed by atoms with Crippen LogP contribution in [0.4, 0.5) is 0 Å². The minimum absolute atomic E-state index is 0.00590. The standard InChI is InChI=1S/C17H24ClN3O2/c1-20(2)17(23)15-8-4-10-21(15)11-5-9-19-16(22)13-6-3-7-14(18)12-13/h3,6-7,12,15H,4-5,8-11H2,1-2H3,(H,19,22)/t15-/m1/s1. The summed E-state index contributed by atoms with van der Waals surface area (Å²) in [7, 11) is 3.59. The number of carbonyl (C=O) groups is 2. The quantitative estimate of drug-likeness (QED) is 0.808. The van der Waals surface area contributed by atoms with Crippen LogP contribution >= 0.6 is 11.6 Å². The number of halogens is 1. The van der Waals surface area contributed by atoms with Gasteiger partial charge in [0.05, 0.1) is 6.04 Å². The second-order valence-electron chi connectivity index (χ2n) is 6.05. The Morgan fingerprint density at radius 2 is 2.17 bits per heavy atom. The maximum atomic E-state index is 12.1. The van der Waals surface area contributed by atoms with E-state index >= 15 is 0 Å². The van der Waals surface area contributed by atoms with E-state index in [1.165, 1.54) is 0 Å². The van der Waals surface area contributed by atoms with E-state index in [0.29, 0.717) is 17.1 Å². The van der Waals surface area contributed by atoms with Crippen molar-refractivity contribution in [2.75, 3.05) is 33.7 Å². The Morgan fingerprint density at radius 1 is 1.39 bits per heavy atom. The number of nitrogens with one attached hydrogen (secondary N) is 1. The molecule has 0 aliphatic carbocycles. The summed E-state index contributed by atoms with van der Waals surface area (Å²) in [6, 6.07) is 6.90. The third kappa shape index (κ3) is 4.94. The van der Waals surface area contributed by atoms with Crippen LogP contribution in [0.15, 0.2) is 24.3 Å². The van der Waals surface area contributed by atoms with Gasteiger partial charge in [0.2, 0.25) is 5.91 Å². The minimum Gasteiger partial charge on any atom is -0.352 e. The van der Waals surface area contributed by atoms with Gasteiger partial charge in [-0.2, -0.15) is 0 Å². The molecule has 0 unspecified atom stereocenters. The van der Waals surface area contributed by atoms with Crippen molar-refractivity contribution in [3.8, 4) is 0 Å². The van der Waals surface area contributed by atoms with E-state index in [1.54, 1.807) is 43.3 Å². The number of hydrogen-bond acceptors (Lipinski definition) is 3. The van der Waals surface area contributed by atoms with Crippen molar-refractivity contribution in [2.24, 2.45) is 0 Å². The Kier molecular flexibility index (Phi) is 6.42. The summed E-state index contributed by atoms with van der Waals surface area (Å²) in [6.45, 7) is 2.36. The number of amides is 2. The predicted molar refractivity (Wildman–Crippen MR) is 91.7 cm³/mol. The van der Waals surface area contributed by atoms with Crippen LogP contribution in [0, 0.1) is 0 Å². The lowest BCUT2D eigenvalue weighted by Gasteiger charge is -2.26. The van der Waals surface area contributed by atoms with Gasteiger partial charge in [-0.1, -0.05) is 17.7 Å². The maximum Gasteiger partial charge on any atom is 0.251 e. The lowest BCUT2D eigenvalue weighted by Crippen LogP contribution is -2.43. The highest BCUT2D eigenvalue weighted by Crippen LogP contribution is 2.18. The third-order valence-corrected chi connectivity index (χ3v) is 4.32. The van der Waals surface area contributed by atoms with Gasteiger partial charge in [0, 0.05) is 37.8 Å². The predicted octanol–water partition coefficient (Wildman–Crippen LogP) is 2.01. The topological polar surface area (TPSA) is 52.7 Å². The Labute approximate surface area is 142 Å². The van der Waals surface area contributed by atoms with Crippen LogP contribution in [0.25, 0.3) is 0 Å². The Morgan fingerprint density at radius 3 is 2.87 bits per heavy atom. The molecule has 0 radical (unpaired) electrons. The zero-order chi connectivity index (χ0) is 16.8. The molecule has 6 heteroatoms. The number of likely N-dealkylation sites (tertiary alicyclic amines) is 1. The van der Waals surface area contributed by atoms with Crippen LogP contribution < -0.4 is 5.32 Å². The average Bonchev–Trinajstić information content (AvgIpc) is 2.98. The number of carbonyl (C=O) groups excluding carboxylic acids is 2. The van der Waals surface area contributed by atoms with Crippen LogP contribution in [-0.4, -0.2) is 61.4 Å². The molecule has 1 aliphatic heterocycles. The van der Waals surface area contributed by atoms with Crippen LogP contribution in [0.1, 0.15) is 29.6 Å². The molecule has 1 saturated heterocycles. The smallest absolute Gasteiger partial charge is 0.251 e. The molecular formula is C17H24ClN3O2. The fourth-order valence-corrected chi connectivity index (χ4v) is 3.08. The number of hydrogen-bond donors (Lipinski definition) is 1. The molecule has 1 aromatic carbocycles. The summed E-state index contributed by atoms with van der Waals surface area (Å²) < 4.78 is 0. The van der Waals surface area contributed by atoms with Crippen molar-refractivity contribution < 1.29 is 9.59 Å². The Balaban J connectivity index is 1.74. The highest BCUT2D eigenvalue weighted by molar-refractivity contribution is 6.30. The highest BCUT2D eigenvalue weighted by atomic mass is 35.5. The molecule has 0 bridgehead atoms. The van der Waals surface area contributed by atoms with E-state index in [2.05, 4.69) is 10.2 Å². The number of rotatable bonds is 6. The molecule has 5 nitrogen and oxygen atoms in total. The van der Waals surface area contributed by atoms with Crippen molar-refractivity contribution in [2.45, 2.75) is 25.3 Å². The van der Waals surface area contributed by atoms with E-state index in [0.717, 1.165) is 32.4 Å². The third-order valence-electron chi connectivity index (χ3n) is 4.08. The van der Waals surface area contributed by atoms with Gasteiger partial charge < -0.3 is 10.2 Å². The van der Waals surface area contributed by atoms with Crippen LogP contribution in [0.3, 0.4) is 0 Å². The fraction of sp³-hybridized carbons (Fsp3) is 0.529. The van der Waals surface area contributed by atoms with Gasteiger partial charge in [-0.25, -0.2) is 0 Å². The number of likely N-dealkylation sites (N-methyl/N-ethyl adjacent to an activating group) is 1. The molecule has 0 saturated carbocycles. The average molecular weight is 338 g/mol. The van der Waals surface area contributed by atoms with Gasteiger partial charge in [0.25, 0.3) is 5.91 Å². The molecule has 126 valence electrons. The molecule has 2 rings (SSSR count). The fourth-order valence-electron chi connectivity index (χ4n) is 2.89. The van der Waals surface area contributed by atoms with Crippen molar-refractivity contribution in [3.63, 3.8) is 0 Å². The molecular weight excluding hydrogens is 314 g/mol. The van der Waals surface area contributed by atoms with Gasteiger partial charge in [-0.15, -0.1) is 0 Å². The summed E-state index contributed by atoms with van der Waals surface area (Å²) in [6.07, 6.45) is 2.80. The van der Waals surface area contributed by atoms with Crippen LogP contribution in [-0.2, 0) is 4.79 Å². The molecule has 1 heterocycles. The van der Waals surface area contributed by atoms with Gasteiger partial charge >= 0.3 is 0 Å². The number of nitrogens with zero attached hydrogens (tertiary/aromatic N) is 2. The normalized spacial score (nSPS) is 18.0. The Hall–Kier alpha value is -1.59. The van der Waals surface area contributed by atoms with E-state index in [1.807, 2.05) is 0 Å². The molecule has 1 aromatic rings. The lowest BCUT2D eigenvalue weighted by molar-refractivity contribution is -0.133. The zero-order valence-electron chi connectivity index (χ0n) is 13.7.